The van der Waals surface area contributed by atoms with Crippen molar-refractivity contribution in [1.29, 1.82) is 0 Å². The van der Waals surface area contributed by atoms with Crippen molar-refractivity contribution in [3.8, 4) is 0 Å². The van der Waals surface area contributed by atoms with Gasteiger partial charge in [-0.3, -0.25) is 4.98 Å². The maximum absolute atomic E-state index is 6.51. The summed E-state index contributed by atoms with van der Waals surface area (Å²) in [7, 11) is 0. The van der Waals surface area contributed by atoms with Gasteiger partial charge in [0, 0.05) is 24.5 Å². The molecule has 2 aliphatic rings. The third-order valence-electron chi connectivity index (χ3n) is 4.76. The largest absolute Gasteiger partial charge is 0.375 e. The molecule has 2 atom stereocenters. The number of ether oxygens (including phenoxy) is 1. The number of hydrogen-bond acceptors (Lipinski definition) is 4. The number of aromatic nitrogens is 1. The topological polar surface area (TPSA) is 48.1 Å². The summed E-state index contributed by atoms with van der Waals surface area (Å²) in [5.41, 5.74) is 8.84. The number of thioether (sulfide) groups is 1. The molecule has 110 valence electrons. The lowest BCUT2D eigenvalue weighted by Crippen LogP contribution is -2.45. The highest BCUT2D eigenvalue weighted by molar-refractivity contribution is 7.99. The minimum atomic E-state index is 0.0958. The van der Waals surface area contributed by atoms with Crippen molar-refractivity contribution in [2.75, 3.05) is 18.1 Å². The average molecular weight is 292 g/mol. The summed E-state index contributed by atoms with van der Waals surface area (Å²) in [4.78, 5) is 4.38. The lowest BCUT2D eigenvalue weighted by Gasteiger charge is -2.44. The van der Waals surface area contributed by atoms with Gasteiger partial charge in [-0.2, -0.15) is 11.8 Å². The maximum atomic E-state index is 6.51. The third-order valence-corrected chi connectivity index (χ3v) is 5.75. The standard InChI is InChI=1S/C16H24N2OS/c1-12-2-3-14(11-18-12)15(17)13-4-7-19-16(10-13)5-8-20-9-6-16/h2-3,11,13,15H,4-10,17H2,1H3. The molecule has 3 rings (SSSR count). The lowest BCUT2D eigenvalue weighted by molar-refractivity contribution is -0.105. The highest BCUT2D eigenvalue weighted by Crippen LogP contribution is 2.42. The van der Waals surface area contributed by atoms with Gasteiger partial charge < -0.3 is 10.5 Å². The molecule has 2 saturated heterocycles. The van der Waals surface area contributed by atoms with E-state index in [1.807, 2.05) is 24.9 Å². The molecule has 0 bridgehead atoms. The van der Waals surface area contributed by atoms with Gasteiger partial charge in [0.1, 0.15) is 0 Å². The first-order chi connectivity index (χ1) is 9.69. The number of aryl methyl sites for hydroxylation is 1. The van der Waals surface area contributed by atoms with E-state index in [0.29, 0.717) is 5.92 Å². The molecule has 3 heterocycles. The smallest absolute Gasteiger partial charge is 0.0701 e. The molecule has 2 fully saturated rings. The number of nitrogens with two attached hydrogens (primary N) is 1. The van der Waals surface area contributed by atoms with Gasteiger partial charge in [-0.15, -0.1) is 0 Å². The molecular formula is C16H24N2OS. The lowest BCUT2D eigenvalue weighted by atomic mass is 9.77. The van der Waals surface area contributed by atoms with Crippen LogP contribution in [0.4, 0.5) is 0 Å². The predicted octanol–water partition coefficient (Wildman–Crippen LogP) is 3.08. The Bertz CT molecular complexity index is 437. The van der Waals surface area contributed by atoms with Crippen LogP contribution in [-0.2, 0) is 4.74 Å². The summed E-state index contributed by atoms with van der Waals surface area (Å²) in [6, 6.07) is 4.28. The van der Waals surface area contributed by atoms with Crippen LogP contribution in [-0.4, -0.2) is 28.7 Å². The van der Waals surface area contributed by atoms with Crippen molar-refractivity contribution in [2.45, 2.75) is 44.2 Å². The first kappa shape index (κ1) is 14.4. The van der Waals surface area contributed by atoms with Crippen LogP contribution in [0.5, 0.6) is 0 Å². The molecule has 2 aliphatic heterocycles. The molecule has 0 aromatic carbocycles. The van der Waals surface area contributed by atoms with Gasteiger partial charge in [0.2, 0.25) is 0 Å². The van der Waals surface area contributed by atoms with Gasteiger partial charge in [0.05, 0.1) is 5.60 Å². The van der Waals surface area contributed by atoms with Crippen LogP contribution >= 0.6 is 11.8 Å². The summed E-state index contributed by atoms with van der Waals surface area (Å²) < 4.78 is 6.16. The Kier molecular flexibility index (Phi) is 4.34. The van der Waals surface area contributed by atoms with Crippen LogP contribution in [0.1, 0.15) is 43.0 Å². The number of pyridine rings is 1. The van der Waals surface area contributed by atoms with Crippen LogP contribution in [0.3, 0.4) is 0 Å². The highest BCUT2D eigenvalue weighted by Gasteiger charge is 2.40. The van der Waals surface area contributed by atoms with Gasteiger partial charge in [0.15, 0.2) is 0 Å². The van der Waals surface area contributed by atoms with Gasteiger partial charge in [-0.25, -0.2) is 0 Å². The zero-order chi connectivity index (χ0) is 14.0. The van der Waals surface area contributed by atoms with E-state index < -0.39 is 0 Å². The Labute approximate surface area is 125 Å². The fraction of sp³-hybridized carbons (Fsp3) is 0.688. The van der Waals surface area contributed by atoms with Gasteiger partial charge in [0.25, 0.3) is 0 Å². The second-order valence-electron chi connectivity index (χ2n) is 6.16. The van der Waals surface area contributed by atoms with E-state index in [-0.39, 0.29) is 11.6 Å². The predicted molar refractivity (Wildman–Crippen MR) is 83.9 cm³/mol. The van der Waals surface area contributed by atoms with Gasteiger partial charge in [-0.1, -0.05) is 6.07 Å². The molecule has 1 aromatic heterocycles. The van der Waals surface area contributed by atoms with Crippen molar-refractivity contribution in [3.63, 3.8) is 0 Å². The fourth-order valence-corrected chi connectivity index (χ4v) is 4.65. The van der Waals surface area contributed by atoms with E-state index in [1.165, 1.54) is 29.9 Å². The van der Waals surface area contributed by atoms with E-state index in [4.69, 9.17) is 10.5 Å². The quantitative estimate of drug-likeness (QED) is 0.910. The minimum absolute atomic E-state index is 0.0958. The molecule has 4 heteroatoms. The van der Waals surface area contributed by atoms with Crippen LogP contribution in [0.25, 0.3) is 0 Å². The summed E-state index contributed by atoms with van der Waals surface area (Å²) in [5.74, 6) is 2.98. The molecule has 2 unspecified atom stereocenters. The zero-order valence-electron chi connectivity index (χ0n) is 12.2. The Balaban J connectivity index is 1.71. The number of hydrogen-bond donors (Lipinski definition) is 1. The minimum Gasteiger partial charge on any atom is -0.375 e. The first-order valence-corrected chi connectivity index (χ1v) is 8.74. The molecule has 0 aliphatic carbocycles. The van der Waals surface area contributed by atoms with Crippen molar-refractivity contribution in [3.05, 3.63) is 29.6 Å². The average Bonchev–Trinajstić information content (AvgIpc) is 2.48. The van der Waals surface area contributed by atoms with Gasteiger partial charge >= 0.3 is 0 Å². The third kappa shape index (κ3) is 3.02. The van der Waals surface area contributed by atoms with E-state index in [2.05, 4.69) is 17.1 Å². The Hall–Kier alpha value is -0.580. The van der Waals surface area contributed by atoms with E-state index in [0.717, 1.165) is 25.1 Å². The van der Waals surface area contributed by atoms with E-state index in [1.54, 1.807) is 0 Å². The SMILES string of the molecule is Cc1ccc(C(N)C2CCOC3(CCSCC3)C2)cn1. The van der Waals surface area contributed by atoms with Crippen LogP contribution < -0.4 is 5.73 Å². The Morgan fingerprint density at radius 3 is 2.90 bits per heavy atom. The summed E-state index contributed by atoms with van der Waals surface area (Å²) in [5, 5.41) is 0. The van der Waals surface area contributed by atoms with Crippen LogP contribution in [0.2, 0.25) is 0 Å². The molecule has 0 radical (unpaired) electrons. The van der Waals surface area contributed by atoms with Crippen LogP contribution in [0.15, 0.2) is 18.3 Å². The normalized spacial score (nSPS) is 27.4. The Morgan fingerprint density at radius 2 is 2.20 bits per heavy atom. The first-order valence-electron chi connectivity index (χ1n) is 7.58. The second kappa shape index (κ2) is 6.04. The maximum Gasteiger partial charge on any atom is 0.0701 e. The van der Waals surface area contributed by atoms with E-state index >= 15 is 0 Å². The molecule has 2 N–H and O–H groups in total. The second-order valence-corrected chi connectivity index (χ2v) is 7.38. The summed E-state index contributed by atoms with van der Waals surface area (Å²) in [6.45, 7) is 2.88. The summed E-state index contributed by atoms with van der Waals surface area (Å²) >= 11 is 2.05. The summed E-state index contributed by atoms with van der Waals surface area (Å²) in [6.07, 6.45) is 6.51. The zero-order valence-corrected chi connectivity index (χ0v) is 13.0. The number of nitrogens with zero attached hydrogens (tertiary/aromatic N) is 1. The molecule has 3 nitrogen and oxygen atoms in total. The van der Waals surface area contributed by atoms with Crippen molar-refractivity contribution < 1.29 is 4.74 Å². The van der Waals surface area contributed by atoms with Crippen molar-refractivity contribution in [1.82, 2.24) is 4.98 Å². The molecular weight excluding hydrogens is 268 g/mol. The highest BCUT2D eigenvalue weighted by atomic mass is 32.2. The molecule has 20 heavy (non-hydrogen) atoms. The Morgan fingerprint density at radius 1 is 1.40 bits per heavy atom. The van der Waals surface area contributed by atoms with E-state index in [9.17, 15) is 0 Å². The molecule has 0 amide bonds. The van der Waals surface area contributed by atoms with Crippen molar-refractivity contribution in [2.24, 2.45) is 11.7 Å². The number of rotatable bonds is 2. The monoisotopic (exact) mass is 292 g/mol. The fourth-order valence-electron chi connectivity index (χ4n) is 3.41. The molecule has 0 saturated carbocycles. The van der Waals surface area contributed by atoms with Crippen molar-refractivity contribution >= 4 is 11.8 Å². The molecule has 1 spiro atoms. The van der Waals surface area contributed by atoms with Gasteiger partial charge in [-0.05, 0) is 61.7 Å². The van der Waals surface area contributed by atoms with Crippen LogP contribution in [0, 0.1) is 12.8 Å². The molecule has 1 aromatic rings.